The molecule has 0 radical (unpaired) electrons. The number of rotatable bonds is 6. The third kappa shape index (κ3) is 4.22. The molecule has 3 nitrogen and oxygen atoms in total. The fourth-order valence-corrected chi connectivity index (χ4v) is 2.71. The summed E-state index contributed by atoms with van der Waals surface area (Å²) in [5, 5.41) is 7.12. The second kappa shape index (κ2) is 7.51. The van der Waals surface area contributed by atoms with Crippen LogP contribution in [0.3, 0.4) is 0 Å². The van der Waals surface area contributed by atoms with E-state index in [4.69, 9.17) is 4.74 Å². The molecule has 0 amide bonds. The van der Waals surface area contributed by atoms with Crippen molar-refractivity contribution in [2.45, 2.75) is 45.2 Å². The predicted molar refractivity (Wildman–Crippen MR) is 79.7 cm³/mol. The molecule has 1 aromatic rings. The molecule has 1 saturated heterocycles. The molecule has 19 heavy (non-hydrogen) atoms. The van der Waals surface area contributed by atoms with Crippen molar-refractivity contribution >= 4 is 0 Å². The van der Waals surface area contributed by atoms with Gasteiger partial charge in [-0.15, -0.1) is 0 Å². The molecule has 0 saturated carbocycles. The van der Waals surface area contributed by atoms with Crippen LogP contribution in [0.2, 0.25) is 0 Å². The molecule has 1 unspecified atom stereocenters. The van der Waals surface area contributed by atoms with Crippen LogP contribution in [0.5, 0.6) is 5.75 Å². The molecule has 3 heteroatoms. The van der Waals surface area contributed by atoms with E-state index in [0.717, 1.165) is 25.3 Å². The van der Waals surface area contributed by atoms with Crippen molar-refractivity contribution in [2.75, 3.05) is 20.2 Å². The lowest BCUT2D eigenvalue weighted by Gasteiger charge is -2.23. The van der Waals surface area contributed by atoms with Gasteiger partial charge >= 0.3 is 0 Å². The quantitative estimate of drug-likeness (QED) is 0.826. The zero-order valence-electron chi connectivity index (χ0n) is 12.2. The molecule has 2 rings (SSSR count). The highest BCUT2D eigenvalue weighted by atomic mass is 16.5. The Morgan fingerprint density at radius 3 is 2.95 bits per heavy atom. The summed E-state index contributed by atoms with van der Waals surface area (Å²) in [5.74, 6) is 1.00. The minimum Gasteiger partial charge on any atom is -0.496 e. The van der Waals surface area contributed by atoms with E-state index in [1.54, 1.807) is 7.11 Å². The lowest BCUT2D eigenvalue weighted by molar-refractivity contribution is 0.383. The number of hydrogen-bond donors (Lipinski definition) is 2. The molecule has 1 atom stereocenters. The van der Waals surface area contributed by atoms with E-state index in [0.29, 0.717) is 6.04 Å². The van der Waals surface area contributed by atoms with E-state index < -0.39 is 0 Å². The number of methoxy groups -OCH3 is 1. The molecule has 0 aromatic heterocycles. The second-order valence-electron chi connectivity index (χ2n) is 5.28. The summed E-state index contributed by atoms with van der Waals surface area (Å²) in [5.41, 5.74) is 2.63. The molecule has 1 heterocycles. The Morgan fingerprint density at radius 2 is 2.26 bits per heavy atom. The average Bonchev–Trinajstić information content (AvgIpc) is 2.48. The van der Waals surface area contributed by atoms with Crippen LogP contribution in [0, 0.1) is 0 Å². The second-order valence-corrected chi connectivity index (χ2v) is 5.28. The number of nitrogens with one attached hydrogen (secondary N) is 2. The van der Waals surface area contributed by atoms with Gasteiger partial charge in [-0.2, -0.15) is 0 Å². The third-order valence-corrected chi connectivity index (χ3v) is 3.86. The highest BCUT2D eigenvalue weighted by Crippen LogP contribution is 2.20. The summed E-state index contributed by atoms with van der Waals surface area (Å²) in [4.78, 5) is 0. The van der Waals surface area contributed by atoms with Crippen molar-refractivity contribution in [3.05, 3.63) is 29.3 Å². The van der Waals surface area contributed by atoms with Gasteiger partial charge in [-0.25, -0.2) is 0 Å². The van der Waals surface area contributed by atoms with Crippen LogP contribution in [0.25, 0.3) is 0 Å². The zero-order chi connectivity index (χ0) is 13.5. The van der Waals surface area contributed by atoms with Gasteiger partial charge in [0.05, 0.1) is 7.11 Å². The van der Waals surface area contributed by atoms with Crippen molar-refractivity contribution in [3.8, 4) is 5.75 Å². The van der Waals surface area contributed by atoms with Crippen LogP contribution in [0.15, 0.2) is 18.2 Å². The predicted octanol–water partition coefficient (Wildman–Crippen LogP) is 2.49. The lowest BCUT2D eigenvalue weighted by atomic mass is 10.0. The molecule has 0 aliphatic carbocycles. The zero-order valence-corrected chi connectivity index (χ0v) is 12.2. The van der Waals surface area contributed by atoms with Crippen LogP contribution in [-0.4, -0.2) is 26.2 Å². The smallest absolute Gasteiger partial charge is 0.122 e. The first kappa shape index (κ1) is 14.4. The van der Waals surface area contributed by atoms with Gasteiger partial charge < -0.3 is 15.4 Å². The molecule has 1 aromatic carbocycles. The molecular weight excluding hydrogens is 236 g/mol. The van der Waals surface area contributed by atoms with E-state index in [1.807, 2.05) is 0 Å². The van der Waals surface area contributed by atoms with E-state index in [9.17, 15) is 0 Å². The monoisotopic (exact) mass is 262 g/mol. The third-order valence-electron chi connectivity index (χ3n) is 3.86. The maximum Gasteiger partial charge on any atom is 0.122 e. The Morgan fingerprint density at radius 1 is 1.37 bits per heavy atom. The Labute approximate surface area is 116 Å². The van der Waals surface area contributed by atoms with Crippen LogP contribution >= 0.6 is 0 Å². The van der Waals surface area contributed by atoms with Crippen molar-refractivity contribution in [3.63, 3.8) is 0 Å². The molecule has 0 spiro atoms. The molecule has 1 aliphatic rings. The number of benzene rings is 1. The highest BCUT2D eigenvalue weighted by Gasteiger charge is 2.11. The lowest BCUT2D eigenvalue weighted by Crippen LogP contribution is -2.41. The molecule has 1 aliphatic heterocycles. The summed E-state index contributed by atoms with van der Waals surface area (Å²) >= 11 is 0. The molecule has 2 N–H and O–H groups in total. The van der Waals surface area contributed by atoms with Crippen LogP contribution in [0.4, 0.5) is 0 Å². The minimum atomic E-state index is 0.651. The maximum atomic E-state index is 5.36. The first-order chi connectivity index (χ1) is 9.33. The number of piperidine rings is 1. The fourth-order valence-electron chi connectivity index (χ4n) is 2.71. The molecular formula is C16H26N2O. The van der Waals surface area contributed by atoms with Crippen molar-refractivity contribution in [1.29, 1.82) is 0 Å². The van der Waals surface area contributed by atoms with Gasteiger partial charge in [-0.1, -0.05) is 25.5 Å². The minimum absolute atomic E-state index is 0.651. The van der Waals surface area contributed by atoms with Crippen LogP contribution in [0.1, 0.15) is 37.3 Å². The first-order valence-corrected chi connectivity index (χ1v) is 7.43. The van der Waals surface area contributed by atoms with E-state index >= 15 is 0 Å². The summed E-state index contributed by atoms with van der Waals surface area (Å²) in [6.45, 7) is 5.35. The maximum absolute atomic E-state index is 5.36. The number of aryl methyl sites for hydroxylation is 1. The van der Waals surface area contributed by atoms with Crippen LogP contribution in [-0.2, 0) is 13.0 Å². The Hall–Kier alpha value is -1.06. The van der Waals surface area contributed by atoms with E-state index in [1.165, 1.54) is 36.9 Å². The topological polar surface area (TPSA) is 33.3 Å². The van der Waals surface area contributed by atoms with E-state index in [2.05, 4.69) is 35.8 Å². The normalized spacial score (nSPS) is 19.4. The molecule has 106 valence electrons. The Bertz CT molecular complexity index is 386. The van der Waals surface area contributed by atoms with Gasteiger partial charge in [-0.05, 0) is 43.0 Å². The van der Waals surface area contributed by atoms with Crippen molar-refractivity contribution in [1.82, 2.24) is 10.6 Å². The number of ether oxygens (including phenoxy) is 1. The summed E-state index contributed by atoms with van der Waals surface area (Å²) in [6, 6.07) is 7.13. The highest BCUT2D eigenvalue weighted by molar-refractivity contribution is 5.37. The largest absolute Gasteiger partial charge is 0.496 e. The van der Waals surface area contributed by atoms with Gasteiger partial charge in [0.25, 0.3) is 0 Å². The van der Waals surface area contributed by atoms with Gasteiger partial charge in [0.1, 0.15) is 5.75 Å². The first-order valence-electron chi connectivity index (χ1n) is 7.43. The SMILES string of the molecule is CCc1cc(CNCC2CCCCN2)ccc1OC. The van der Waals surface area contributed by atoms with Gasteiger partial charge in [0, 0.05) is 19.1 Å². The van der Waals surface area contributed by atoms with E-state index in [-0.39, 0.29) is 0 Å². The standard InChI is InChI=1S/C16H26N2O/c1-3-14-10-13(7-8-16(14)19-2)11-17-12-15-6-4-5-9-18-15/h7-8,10,15,17-18H,3-6,9,11-12H2,1-2H3. The summed E-state index contributed by atoms with van der Waals surface area (Å²) in [7, 11) is 1.74. The van der Waals surface area contributed by atoms with Crippen molar-refractivity contribution in [2.24, 2.45) is 0 Å². The van der Waals surface area contributed by atoms with Gasteiger partial charge in [-0.3, -0.25) is 0 Å². The van der Waals surface area contributed by atoms with Crippen molar-refractivity contribution < 1.29 is 4.74 Å². The van der Waals surface area contributed by atoms with Gasteiger partial charge in [0.2, 0.25) is 0 Å². The van der Waals surface area contributed by atoms with Crippen LogP contribution < -0.4 is 15.4 Å². The Balaban J connectivity index is 1.81. The molecule has 0 bridgehead atoms. The average molecular weight is 262 g/mol. The number of hydrogen-bond acceptors (Lipinski definition) is 3. The fraction of sp³-hybridized carbons (Fsp3) is 0.625. The summed E-state index contributed by atoms with van der Waals surface area (Å²) < 4.78 is 5.36. The molecule has 1 fully saturated rings. The van der Waals surface area contributed by atoms with Gasteiger partial charge in [0.15, 0.2) is 0 Å². The Kier molecular flexibility index (Phi) is 5.67. The summed E-state index contributed by atoms with van der Waals surface area (Å²) in [6.07, 6.45) is 5.01.